The highest BCUT2D eigenvalue weighted by atomic mass is 16.5. The molecule has 1 atom stereocenters. The molecular weight excluding hydrogens is 214 g/mol. The Morgan fingerprint density at radius 2 is 1.82 bits per heavy atom. The monoisotopic (exact) mass is 229 g/mol. The molecule has 0 saturated heterocycles. The molecule has 2 aromatic rings. The van der Waals surface area contributed by atoms with Gasteiger partial charge in [0.15, 0.2) is 0 Å². The number of ether oxygens (including phenoxy) is 1. The summed E-state index contributed by atoms with van der Waals surface area (Å²) >= 11 is 0. The maximum Gasteiger partial charge on any atom is 0.124 e. The van der Waals surface area contributed by atoms with E-state index in [1.54, 1.807) is 25.3 Å². The van der Waals surface area contributed by atoms with Crippen molar-refractivity contribution in [3.63, 3.8) is 0 Å². The Morgan fingerprint density at radius 1 is 1.12 bits per heavy atom. The summed E-state index contributed by atoms with van der Waals surface area (Å²) in [5, 5.41) is 9.89. The average Bonchev–Trinajstić information content (AvgIpc) is 2.39. The van der Waals surface area contributed by atoms with Crippen LogP contribution in [0.15, 0.2) is 48.5 Å². The van der Waals surface area contributed by atoms with Gasteiger partial charge in [0.25, 0.3) is 0 Å². The van der Waals surface area contributed by atoms with Gasteiger partial charge in [-0.1, -0.05) is 30.3 Å². The Balaban J connectivity index is 2.34. The van der Waals surface area contributed by atoms with Crippen molar-refractivity contribution >= 4 is 0 Å². The molecule has 3 N–H and O–H groups in total. The normalized spacial score (nSPS) is 12.1. The van der Waals surface area contributed by atoms with Crippen molar-refractivity contribution < 1.29 is 9.84 Å². The van der Waals surface area contributed by atoms with Crippen LogP contribution in [0.5, 0.6) is 11.5 Å². The summed E-state index contributed by atoms with van der Waals surface area (Å²) in [6.45, 7) is 0. The average molecular weight is 229 g/mol. The van der Waals surface area contributed by atoms with Gasteiger partial charge in [-0.25, -0.2) is 0 Å². The lowest BCUT2D eigenvalue weighted by Gasteiger charge is -2.14. The van der Waals surface area contributed by atoms with Gasteiger partial charge in [0.05, 0.1) is 13.2 Å². The Bertz CT molecular complexity index is 497. The van der Waals surface area contributed by atoms with Crippen molar-refractivity contribution in [2.24, 2.45) is 5.73 Å². The molecule has 1 unspecified atom stereocenters. The zero-order valence-electron chi connectivity index (χ0n) is 9.63. The van der Waals surface area contributed by atoms with Crippen LogP contribution in [0, 0.1) is 0 Å². The smallest absolute Gasteiger partial charge is 0.124 e. The van der Waals surface area contributed by atoms with Crippen molar-refractivity contribution in [3.05, 3.63) is 59.7 Å². The molecule has 0 bridgehead atoms. The zero-order valence-corrected chi connectivity index (χ0v) is 9.63. The van der Waals surface area contributed by atoms with Crippen LogP contribution < -0.4 is 10.5 Å². The van der Waals surface area contributed by atoms with Crippen LogP contribution >= 0.6 is 0 Å². The zero-order chi connectivity index (χ0) is 12.3. The summed E-state index contributed by atoms with van der Waals surface area (Å²) in [5.74, 6) is 0.771. The summed E-state index contributed by atoms with van der Waals surface area (Å²) in [6, 6.07) is 14.5. The fraction of sp³-hybridized carbons (Fsp3) is 0.143. The third-order valence-electron chi connectivity index (χ3n) is 2.73. The summed E-state index contributed by atoms with van der Waals surface area (Å²) in [7, 11) is 1.56. The first-order valence-corrected chi connectivity index (χ1v) is 5.40. The van der Waals surface area contributed by atoms with E-state index in [0.29, 0.717) is 11.3 Å². The topological polar surface area (TPSA) is 55.5 Å². The van der Waals surface area contributed by atoms with Gasteiger partial charge in [-0.3, -0.25) is 0 Å². The minimum Gasteiger partial charge on any atom is -0.507 e. The number of hydrogen-bond donors (Lipinski definition) is 2. The number of phenols is 1. The van der Waals surface area contributed by atoms with E-state index < -0.39 is 0 Å². The fourth-order valence-electron chi connectivity index (χ4n) is 1.75. The van der Waals surface area contributed by atoms with E-state index in [2.05, 4.69) is 0 Å². The Labute approximate surface area is 100 Å². The number of rotatable bonds is 3. The van der Waals surface area contributed by atoms with Crippen LogP contribution in [0.25, 0.3) is 0 Å². The molecule has 2 aromatic carbocycles. The summed E-state index contributed by atoms with van der Waals surface area (Å²) in [6.07, 6.45) is 0. The minimum absolute atomic E-state index is 0.153. The number of benzene rings is 2. The first-order chi connectivity index (χ1) is 8.22. The van der Waals surface area contributed by atoms with Crippen molar-refractivity contribution in [2.45, 2.75) is 6.04 Å². The van der Waals surface area contributed by atoms with Gasteiger partial charge in [0, 0.05) is 11.6 Å². The molecule has 0 aliphatic rings. The summed E-state index contributed by atoms with van der Waals surface area (Å²) < 4.78 is 5.03. The quantitative estimate of drug-likeness (QED) is 0.850. The molecule has 0 aromatic heterocycles. The van der Waals surface area contributed by atoms with E-state index in [-0.39, 0.29) is 11.8 Å². The first-order valence-electron chi connectivity index (χ1n) is 5.40. The molecule has 0 saturated carbocycles. The number of hydrogen-bond acceptors (Lipinski definition) is 3. The highest BCUT2D eigenvalue weighted by Crippen LogP contribution is 2.30. The van der Waals surface area contributed by atoms with E-state index in [1.807, 2.05) is 30.3 Å². The lowest BCUT2D eigenvalue weighted by atomic mass is 9.99. The summed E-state index contributed by atoms with van der Waals surface area (Å²) in [5.41, 5.74) is 7.77. The SMILES string of the molecule is COc1ccc(C(N)c2ccccc2)c(O)c1. The lowest BCUT2D eigenvalue weighted by molar-refractivity contribution is 0.406. The molecule has 17 heavy (non-hydrogen) atoms. The second-order valence-electron chi connectivity index (χ2n) is 3.81. The third-order valence-corrected chi connectivity index (χ3v) is 2.73. The van der Waals surface area contributed by atoms with Crippen LogP contribution in [0.2, 0.25) is 0 Å². The molecule has 3 heteroatoms. The highest BCUT2D eigenvalue weighted by Gasteiger charge is 2.13. The van der Waals surface area contributed by atoms with Gasteiger partial charge < -0.3 is 15.6 Å². The first kappa shape index (κ1) is 11.5. The number of methoxy groups -OCH3 is 1. The van der Waals surface area contributed by atoms with Crippen molar-refractivity contribution in [3.8, 4) is 11.5 Å². The maximum absolute atomic E-state index is 9.89. The number of aromatic hydroxyl groups is 1. The Hall–Kier alpha value is -2.00. The predicted octanol–water partition coefficient (Wildman–Crippen LogP) is 2.45. The van der Waals surface area contributed by atoms with E-state index in [9.17, 15) is 5.11 Å². The summed E-state index contributed by atoms with van der Waals surface area (Å²) in [4.78, 5) is 0. The Morgan fingerprint density at radius 3 is 2.41 bits per heavy atom. The largest absolute Gasteiger partial charge is 0.507 e. The number of phenolic OH excluding ortho intramolecular Hbond substituents is 1. The van der Waals surface area contributed by atoms with Crippen LogP contribution in [0.3, 0.4) is 0 Å². The van der Waals surface area contributed by atoms with Gasteiger partial charge >= 0.3 is 0 Å². The van der Waals surface area contributed by atoms with E-state index in [4.69, 9.17) is 10.5 Å². The molecule has 88 valence electrons. The van der Waals surface area contributed by atoms with Gasteiger partial charge in [-0.15, -0.1) is 0 Å². The minimum atomic E-state index is -0.331. The molecule has 0 radical (unpaired) electrons. The second kappa shape index (κ2) is 4.89. The van der Waals surface area contributed by atoms with Gasteiger partial charge in [-0.2, -0.15) is 0 Å². The molecule has 0 fully saturated rings. The van der Waals surface area contributed by atoms with Crippen LogP contribution in [-0.4, -0.2) is 12.2 Å². The predicted molar refractivity (Wildman–Crippen MR) is 67.1 cm³/mol. The van der Waals surface area contributed by atoms with Crippen molar-refractivity contribution in [1.29, 1.82) is 0 Å². The molecule has 0 amide bonds. The lowest BCUT2D eigenvalue weighted by Crippen LogP contribution is -2.11. The van der Waals surface area contributed by atoms with Gasteiger partial charge in [-0.05, 0) is 17.7 Å². The van der Waals surface area contributed by atoms with Crippen LogP contribution in [0.1, 0.15) is 17.2 Å². The van der Waals surface area contributed by atoms with Crippen LogP contribution in [0.4, 0.5) is 0 Å². The molecule has 0 heterocycles. The van der Waals surface area contributed by atoms with E-state index in [1.165, 1.54) is 0 Å². The number of nitrogens with two attached hydrogens (primary N) is 1. The molecule has 0 aliphatic carbocycles. The molecule has 2 rings (SSSR count). The molecule has 0 aliphatic heterocycles. The van der Waals surface area contributed by atoms with Crippen LogP contribution in [-0.2, 0) is 0 Å². The highest BCUT2D eigenvalue weighted by molar-refractivity contribution is 5.44. The Kier molecular flexibility index (Phi) is 3.30. The van der Waals surface area contributed by atoms with Crippen molar-refractivity contribution in [1.82, 2.24) is 0 Å². The standard InChI is InChI=1S/C14H15NO2/c1-17-11-7-8-12(13(16)9-11)14(15)10-5-3-2-4-6-10/h2-9,14,16H,15H2,1H3. The van der Waals surface area contributed by atoms with Gasteiger partial charge in [0.2, 0.25) is 0 Å². The molecular formula is C14H15NO2. The van der Waals surface area contributed by atoms with E-state index >= 15 is 0 Å². The third kappa shape index (κ3) is 2.40. The molecule has 0 spiro atoms. The fourth-order valence-corrected chi connectivity index (χ4v) is 1.75. The second-order valence-corrected chi connectivity index (χ2v) is 3.81. The molecule has 3 nitrogen and oxygen atoms in total. The van der Waals surface area contributed by atoms with E-state index in [0.717, 1.165) is 5.56 Å². The maximum atomic E-state index is 9.89. The van der Waals surface area contributed by atoms with Crippen molar-refractivity contribution in [2.75, 3.05) is 7.11 Å². The van der Waals surface area contributed by atoms with Gasteiger partial charge in [0.1, 0.15) is 11.5 Å².